The summed E-state index contributed by atoms with van der Waals surface area (Å²) in [4.78, 5) is 0. The standard InChI is InChI=1S/C104H62O2/c1-2-26-64(27-3-1)71-47-24-49-91-101-89(48-25-51-96(101)106-103(71)91)99-83-42-18-16-40-81(83)98(82-41-17-19-43-84(82)99)87-57-56-66(60-94(87)93-62-68-29-5-7-31-70(68)74-33-9-11-35-76(74)93)63-52-54-65(55-53-63)72-58-59-90(102-88-46-22-23-50-95(88)105-104(72)102)100-85-44-20-14-38-79(85)97(80-39-15-21-45-86(80)100)78-37-13-12-36-77(78)92-61-67-28-4-6-30-69(67)73-32-8-10-34-75(73)92/h1-62H. The third-order valence-corrected chi connectivity index (χ3v) is 22.7. The summed E-state index contributed by atoms with van der Waals surface area (Å²) < 4.78 is 14.1. The molecule has 0 saturated heterocycles. The molecular weight excluding hydrogens is 1280 g/mol. The fourth-order valence-electron chi connectivity index (χ4n) is 18.1. The predicted octanol–water partition coefficient (Wildman–Crippen LogP) is 29.7. The molecule has 0 amide bonds. The van der Waals surface area contributed by atoms with Crippen molar-refractivity contribution in [3.8, 4) is 100 Å². The van der Waals surface area contributed by atoms with Crippen LogP contribution in [-0.4, -0.2) is 0 Å². The van der Waals surface area contributed by atoms with Gasteiger partial charge in [-0.2, -0.15) is 0 Å². The van der Waals surface area contributed by atoms with Gasteiger partial charge in [-0.15, -0.1) is 0 Å². The number of hydrogen-bond acceptors (Lipinski definition) is 2. The molecule has 0 aliphatic heterocycles. The van der Waals surface area contributed by atoms with Crippen LogP contribution in [0.1, 0.15) is 0 Å². The number of fused-ring (bicyclic) bond motifs is 16. The molecule has 0 atom stereocenters. The van der Waals surface area contributed by atoms with E-state index in [1.165, 1.54) is 142 Å². The Morgan fingerprint density at radius 1 is 0.142 bits per heavy atom. The van der Waals surface area contributed by atoms with E-state index >= 15 is 0 Å². The Hall–Kier alpha value is -13.9. The molecule has 0 spiro atoms. The lowest BCUT2D eigenvalue weighted by Crippen LogP contribution is -1.94. The summed E-state index contributed by atoms with van der Waals surface area (Å²) in [5.74, 6) is 0. The summed E-state index contributed by atoms with van der Waals surface area (Å²) >= 11 is 0. The maximum absolute atomic E-state index is 7.19. The van der Waals surface area contributed by atoms with Crippen molar-refractivity contribution in [2.45, 2.75) is 0 Å². The maximum atomic E-state index is 7.19. The third kappa shape index (κ3) is 9.11. The topological polar surface area (TPSA) is 26.3 Å². The summed E-state index contributed by atoms with van der Waals surface area (Å²) in [5.41, 5.74) is 24.3. The van der Waals surface area contributed by atoms with Crippen molar-refractivity contribution in [1.82, 2.24) is 0 Å². The quantitative estimate of drug-likeness (QED) is 0.106. The van der Waals surface area contributed by atoms with Gasteiger partial charge in [0.1, 0.15) is 22.3 Å². The highest BCUT2D eigenvalue weighted by atomic mass is 16.3. The molecule has 22 aromatic rings. The van der Waals surface area contributed by atoms with Crippen molar-refractivity contribution in [1.29, 1.82) is 0 Å². The zero-order chi connectivity index (χ0) is 69.5. The minimum absolute atomic E-state index is 0.857. The second kappa shape index (κ2) is 23.8. The molecule has 106 heavy (non-hydrogen) atoms. The molecule has 2 nitrogen and oxygen atoms in total. The van der Waals surface area contributed by atoms with Gasteiger partial charge in [0.05, 0.1) is 0 Å². The van der Waals surface area contributed by atoms with Crippen LogP contribution in [-0.2, 0) is 0 Å². The van der Waals surface area contributed by atoms with Crippen LogP contribution in [0.2, 0.25) is 0 Å². The molecule has 0 saturated carbocycles. The Kier molecular flexibility index (Phi) is 13.4. The van der Waals surface area contributed by atoms with Crippen LogP contribution in [0, 0.1) is 0 Å². The minimum atomic E-state index is 0.857. The minimum Gasteiger partial charge on any atom is -0.455 e. The van der Waals surface area contributed by atoms with Gasteiger partial charge in [-0.1, -0.05) is 340 Å². The van der Waals surface area contributed by atoms with Crippen molar-refractivity contribution in [3.05, 3.63) is 376 Å². The Balaban J connectivity index is 0.709. The van der Waals surface area contributed by atoms with E-state index in [4.69, 9.17) is 8.83 Å². The van der Waals surface area contributed by atoms with E-state index in [2.05, 4.69) is 376 Å². The molecule has 22 rings (SSSR count). The van der Waals surface area contributed by atoms with Crippen LogP contribution >= 0.6 is 0 Å². The summed E-state index contributed by atoms with van der Waals surface area (Å²) in [6, 6.07) is 139. The highest BCUT2D eigenvalue weighted by molar-refractivity contribution is 6.30. The van der Waals surface area contributed by atoms with Gasteiger partial charge in [0.15, 0.2) is 0 Å². The van der Waals surface area contributed by atoms with E-state index in [9.17, 15) is 0 Å². The van der Waals surface area contributed by atoms with E-state index in [1.54, 1.807) is 0 Å². The molecule has 0 bridgehead atoms. The van der Waals surface area contributed by atoms with Crippen LogP contribution in [0.3, 0.4) is 0 Å². The third-order valence-electron chi connectivity index (χ3n) is 22.7. The van der Waals surface area contributed by atoms with E-state index in [1.807, 2.05) is 0 Å². The predicted molar refractivity (Wildman–Crippen MR) is 450 cm³/mol. The molecule has 0 fully saturated rings. The van der Waals surface area contributed by atoms with E-state index in [0.717, 1.165) is 88.4 Å². The lowest BCUT2D eigenvalue weighted by atomic mass is 9.81. The Labute approximate surface area is 611 Å². The monoisotopic (exact) mass is 1340 g/mol. The van der Waals surface area contributed by atoms with E-state index in [-0.39, 0.29) is 0 Å². The molecule has 0 radical (unpaired) electrons. The number of rotatable bonds is 9. The molecular formula is C104H62O2. The van der Waals surface area contributed by atoms with Gasteiger partial charge in [-0.3, -0.25) is 0 Å². The summed E-state index contributed by atoms with van der Waals surface area (Å²) in [5, 5.41) is 23.8. The second-order valence-corrected chi connectivity index (χ2v) is 28.2. The van der Waals surface area contributed by atoms with Crippen LogP contribution in [0.4, 0.5) is 0 Å². The Morgan fingerprint density at radius 2 is 0.481 bits per heavy atom. The lowest BCUT2D eigenvalue weighted by Gasteiger charge is -2.22. The van der Waals surface area contributed by atoms with Crippen molar-refractivity contribution < 1.29 is 8.83 Å². The van der Waals surface area contributed by atoms with Crippen LogP contribution in [0.25, 0.3) is 230 Å². The van der Waals surface area contributed by atoms with Crippen molar-refractivity contribution in [2.24, 2.45) is 0 Å². The van der Waals surface area contributed by atoms with Gasteiger partial charge in [0.2, 0.25) is 0 Å². The number of benzene rings is 20. The first-order valence-electron chi connectivity index (χ1n) is 36.6. The van der Waals surface area contributed by atoms with Gasteiger partial charge in [0.25, 0.3) is 0 Å². The molecule has 0 aliphatic rings. The fraction of sp³-hybridized carbons (Fsp3) is 0. The fourth-order valence-corrected chi connectivity index (χ4v) is 18.1. The summed E-state index contributed by atoms with van der Waals surface area (Å²) in [6.45, 7) is 0. The lowest BCUT2D eigenvalue weighted by molar-refractivity contribution is 0.669. The largest absolute Gasteiger partial charge is 0.455 e. The molecule has 490 valence electrons. The molecule has 20 aromatic carbocycles. The zero-order valence-electron chi connectivity index (χ0n) is 57.6. The molecule has 2 aromatic heterocycles. The smallest absolute Gasteiger partial charge is 0.143 e. The van der Waals surface area contributed by atoms with E-state index < -0.39 is 0 Å². The number of para-hydroxylation sites is 2. The Morgan fingerprint density at radius 3 is 1.06 bits per heavy atom. The van der Waals surface area contributed by atoms with Crippen LogP contribution in [0.5, 0.6) is 0 Å². The summed E-state index contributed by atoms with van der Waals surface area (Å²) in [7, 11) is 0. The average Bonchev–Trinajstić information content (AvgIpc) is 1.20. The molecule has 0 aliphatic carbocycles. The van der Waals surface area contributed by atoms with Crippen LogP contribution < -0.4 is 0 Å². The molecule has 0 N–H and O–H groups in total. The molecule has 0 unspecified atom stereocenters. The highest BCUT2D eigenvalue weighted by Crippen LogP contribution is 2.54. The second-order valence-electron chi connectivity index (χ2n) is 28.2. The number of hydrogen-bond donors (Lipinski definition) is 0. The van der Waals surface area contributed by atoms with Crippen molar-refractivity contribution >= 4 is 130 Å². The SMILES string of the molecule is c1ccc(-c2cccc3c2oc2cccc(-c4c5ccccc5c(-c5ccc(-c6ccc(-c7ccc(-c8c9ccccc9c(-c9ccccc9-c9cc%10ccccc%10c%10ccccc9%10)c9ccccc89)c8c7oc7ccccc78)cc6)cc5-c5cc6ccccc6c6ccccc56)c5ccccc45)c23)cc1. The first-order valence-corrected chi connectivity index (χ1v) is 36.6. The van der Waals surface area contributed by atoms with E-state index in [0.29, 0.717) is 0 Å². The van der Waals surface area contributed by atoms with Gasteiger partial charge >= 0.3 is 0 Å². The van der Waals surface area contributed by atoms with Crippen molar-refractivity contribution in [2.75, 3.05) is 0 Å². The molecule has 2 heterocycles. The van der Waals surface area contributed by atoms with Gasteiger partial charge < -0.3 is 8.83 Å². The maximum Gasteiger partial charge on any atom is 0.143 e. The highest BCUT2D eigenvalue weighted by Gasteiger charge is 2.27. The van der Waals surface area contributed by atoms with Gasteiger partial charge in [0, 0.05) is 32.7 Å². The first-order chi connectivity index (χ1) is 52.6. The molecule has 2 heteroatoms. The average molecular weight is 1340 g/mol. The van der Waals surface area contributed by atoms with Gasteiger partial charge in [-0.05, 0) is 212 Å². The van der Waals surface area contributed by atoms with Crippen molar-refractivity contribution in [3.63, 3.8) is 0 Å². The number of furan rings is 2. The van der Waals surface area contributed by atoms with Gasteiger partial charge in [-0.25, -0.2) is 0 Å². The first kappa shape index (κ1) is 59.7. The summed E-state index contributed by atoms with van der Waals surface area (Å²) in [6.07, 6.45) is 0. The zero-order valence-corrected chi connectivity index (χ0v) is 57.6. The Bertz CT molecular complexity index is 7320. The normalized spacial score (nSPS) is 12.0. The van der Waals surface area contributed by atoms with Crippen LogP contribution in [0.15, 0.2) is 385 Å².